The number of thioether (sulfide) groups is 2. The third kappa shape index (κ3) is 4.40. The smallest absolute Gasteiger partial charge is 0.123 e. The molecule has 1 aliphatic rings. The minimum Gasteiger partial charge on any atom is -0.313 e. The molecule has 1 aromatic carbocycles. The van der Waals surface area contributed by atoms with E-state index in [0.717, 1.165) is 18.5 Å². The molecule has 4 heteroatoms. The third-order valence-electron chi connectivity index (χ3n) is 3.44. The van der Waals surface area contributed by atoms with Crippen LogP contribution in [0.4, 0.5) is 4.39 Å². The number of benzene rings is 1. The molecule has 0 bridgehead atoms. The van der Waals surface area contributed by atoms with Gasteiger partial charge in [-0.1, -0.05) is 26.0 Å². The molecule has 3 unspecified atom stereocenters. The van der Waals surface area contributed by atoms with Gasteiger partial charge in [0.25, 0.3) is 0 Å². The summed E-state index contributed by atoms with van der Waals surface area (Å²) in [7, 11) is 0. The van der Waals surface area contributed by atoms with E-state index in [2.05, 4.69) is 42.7 Å². The summed E-state index contributed by atoms with van der Waals surface area (Å²) in [4.78, 5) is 0. The number of rotatable bonds is 5. The summed E-state index contributed by atoms with van der Waals surface area (Å²) in [5, 5.41) is 4.87. The molecule has 3 atom stereocenters. The van der Waals surface area contributed by atoms with Crippen LogP contribution in [0.5, 0.6) is 0 Å². The van der Waals surface area contributed by atoms with Crippen LogP contribution in [0, 0.1) is 5.82 Å². The van der Waals surface area contributed by atoms with E-state index in [1.807, 2.05) is 6.07 Å². The van der Waals surface area contributed by atoms with Gasteiger partial charge in [-0.05, 0) is 30.7 Å². The summed E-state index contributed by atoms with van der Waals surface area (Å²) in [6.45, 7) is 5.43. The number of hydrogen-bond donors (Lipinski definition) is 1. The SMILES string of the molecule is CCNC(Cc1cccc(F)c1)C1SCCSC1C. The van der Waals surface area contributed by atoms with Crippen LogP contribution < -0.4 is 5.32 Å². The maximum absolute atomic E-state index is 13.3. The Morgan fingerprint density at radius 3 is 2.84 bits per heavy atom. The Bertz CT molecular complexity index is 399. The van der Waals surface area contributed by atoms with E-state index in [9.17, 15) is 4.39 Å². The standard InChI is InChI=1S/C15H22FNS2/c1-3-17-14(15-11(2)18-7-8-19-15)10-12-5-4-6-13(16)9-12/h4-6,9,11,14-15,17H,3,7-8,10H2,1-2H3. The fourth-order valence-corrected chi connectivity index (χ4v) is 5.54. The van der Waals surface area contributed by atoms with E-state index in [1.165, 1.54) is 17.6 Å². The maximum atomic E-state index is 13.3. The Morgan fingerprint density at radius 1 is 1.37 bits per heavy atom. The van der Waals surface area contributed by atoms with E-state index in [0.29, 0.717) is 16.5 Å². The monoisotopic (exact) mass is 299 g/mol. The first-order valence-electron chi connectivity index (χ1n) is 6.91. The van der Waals surface area contributed by atoms with Gasteiger partial charge in [0, 0.05) is 28.0 Å². The lowest BCUT2D eigenvalue weighted by molar-refractivity contribution is 0.499. The topological polar surface area (TPSA) is 12.0 Å². The van der Waals surface area contributed by atoms with Crippen molar-refractivity contribution in [1.29, 1.82) is 0 Å². The molecule has 1 nitrogen and oxygen atoms in total. The van der Waals surface area contributed by atoms with Gasteiger partial charge in [0.05, 0.1) is 0 Å². The van der Waals surface area contributed by atoms with Crippen molar-refractivity contribution in [2.45, 2.75) is 36.8 Å². The Balaban J connectivity index is 2.06. The molecule has 1 N–H and O–H groups in total. The lowest BCUT2D eigenvalue weighted by Gasteiger charge is -2.35. The molecule has 0 amide bonds. The van der Waals surface area contributed by atoms with Gasteiger partial charge in [-0.3, -0.25) is 0 Å². The number of nitrogens with one attached hydrogen (secondary N) is 1. The quantitative estimate of drug-likeness (QED) is 0.892. The Hall–Kier alpha value is -0.190. The Morgan fingerprint density at radius 2 is 2.16 bits per heavy atom. The molecule has 1 heterocycles. The minimum absolute atomic E-state index is 0.133. The van der Waals surface area contributed by atoms with Crippen molar-refractivity contribution >= 4 is 23.5 Å². The molecule has 0 aromatic heterocycles. The van der Waals surface area contributed by atoms with Gasteiger partial charge in [-0.15, -0.1) is 0 Å². The molecule has 1 saturated heterocycles. The minimum atomic E-state index is -0.133. The van der Waals surface area contributed by atoms with Crippen LogP contribution in [0.25, 0.3) is 0 Å². The molecule has 1 fully saturated rings. The van der Waals surface area contributed by atoms with Crippen LogP contribution in [0.2, 0.25) is 0 Å². The van der Waals surface area contributed by atoms with Crippen molar-refractivity contribution in [3.8, 4) is 0 Å². The Labute approximate surface area is 124 Å². The first-order chi connectivity index (χ1) is 9.20. The summed E-state index contributed by atoms with van der Waals surface area (Å²) < 4.78 is 13.3. The van der Waals surface area contributed by atoms with Crippen molar-refractivity contribution in [1.82, 2.24) is 5.32 Å². The molecule has 106 valence electrons. The highest BCUT2D eigenvalue weighted by Crippen LogP contribution is 2.34. The molecule has 1 aliphatic heterocycles. The average molecular weight is 299 g/mol. The second-order valence-electron chi connectivity index (χ2n) is 4.91. The first-order valence-corrected chi connectivity index (χ1v) is 9.01. The molecule has 0 saturated carbocycles. The molecular formula is C15H22FNS2. The highest BCUT2D eigenvalue weighted by atomic mass is 32.2. The van der Waals surface area contributed by atoms with Gasteiger partial charge in [-0.2, -0.15) is 23.5 Å². The second kappa shape index (κ2) is 7.55. The predicted octanol–water partition coefficient (Wildman–Crippen LogP) is 3.58. The van der Waals surface area contributed by atoms with E-state index >= 15 is 0 Å². The lowest BCUT2D eigenvalue weighted by Crippen LogP contribution is -2.45. The zero-order chi connectivity index (χ0) is 13.7. The van der Waals surface area contributed by atoms with Crippen molar-refractivity contribution in [2.24, 2.45) is 0 Å². The summed E-state index contributed by atoms with van der Waals surface area (Å²) in [5.74, 6) is 2.35. The molecule has 0 aliphatic carbocycles. The van der Waals surface area contributed by atoms with E-state index < -0.39 is 0 Å². The second-order valence-corrected chi connectivity index (χ2v) is 7.68. The van der Waals surface area contributed by atoms with E-state index in [1.54, 1.807) is 12.1 Å². The van der Waals surface area contributed by atoms with Crippen LogP contribution in [0.3, 0.4) is 0 Å². The molecule has 1 aromatic rings. The lowest BCUT2D eigenvalue weighted by atomic mass is 10.0. The first kappa shape index (κ1) is 15.2. The average Bonchev–Trinajstić information content (AvgIpc) is 2.39. The highest BCUT2D eigenvalue weighted by molar-refractivity contribution is 8.07. The summed E-state index contributed by atoms with van der Waals surface area (Å²) in [6.07, 6.45) is 0.911. The summed E-state index contributed by atoms with van der Waals surface area (Å²) in [5.41, 5.74) is 1.09. The van der Waals surface area contributed by atoms with Gasteiger partial charge in [0.1, 0.15) is 5.82 Å². The largest absolute Gasteiger partial charge is 0.313 e. The fourth-order valence-electron chi connectivity index (χ4n) is 2.58. The normalized spacial score (nSPS) is 25.2. The summed E-state index contributed by atoms with van der Waals surface area (Å²) >= 11 is 4.12. The molecule has 0 spiro atoms. The van der Waals surface area contributed by atoms with Gasteiger partial charge in [0.2, 0.25) is 0 Å². The highest BCUT2D eigenvalue weighted by Gasteiger charge is 2.29. The van der Waals surface area contributed by atoms with Crippen LogP contribution in [0.1, 0.15) is 19.4 Å². The van der Waals surface area contributed by atoms with E-state index in [4.69, 9.17) is 0 Å². The van der Waals surface area contributed by atoms with Gasteiger partial charge in [-0.25, -0.2) is 4.39 Å². The molecular weight excluding hydrogens is 277 g/mol. The van der Waals surface area contributed by atoms with Gasteiger partial charge >= 0.3 is 0 Å². The fraction of sp³-hybridized carbons (Fsp3) is 0.600. The van der Waals surface area contributed by atoms with Crippen LogP contribution in [0.15, 0.2) is 24.3 Å². The van der Waals surface area contributed by atoms with Gasteiger partial charge < -0.3 is 5.32 Å². The van der Waals surface area contributed by atoms with Crippen LogP contribution in [-0.4, -0.2) is 34.6 Å². The van der Waals surface area contributed by atoms with Gasteiger partial charge in [0.15, 0.2) is 0 Å². The number of hydrogen-bond acceptors (Lipinski definition) is 3. The molecule has 19 heavy (non-hydrogen) atoms. The van der Waals surface area contributed by atoms with E-state index in [-0.39, 0.29) is 5.82 Å². The molecule has 0 radical (unpaired) electrons. The third-order valence-corrected chi connectivity index (χ3v) is 6.70. The van der Waals surface area contributed by atoms with Crippen molar-refractivity contribution in [3.63, 3.8) is 0 Å². The van der Waals surface area contributed by atoms with Crippen molar-refractivity contribution in [3.05, 3.63) is 35.6 Å². The predicted molar refractivity (Wildman–Crippen MR) is 85.7 cm³/mol. The Kier molecular flexibility index (Phi) is 6.05. The maximum Gasteiger partial charge on any atom is 0.123 e. The van der Waals surface area contributed by atoms with Crippen molar-refractivity contribution < 1.29 is 4.39 Å². The number of likely N-dealkylation sites (N-methyl/N-ethyl adjacent to an activating group) is 1. The summed E-state index contributed by atoms with van der Waals surface area (Å²) in [6, 6.07) is 7.44. The van der Waals surface area contributed by atoms with Crippen molar-refractivity contribution in [2.75, 3.05) is 18.1 Å². The zero-order valence-corrected chi connectivity index (χ0v) is 13.2. The zero-order valence-electron chi connectivity index (χ0n) is 11.6. The van der Waals surface area contributed by atoms with Crippen LogP contribution >= 0.6 is 23.5 Å². The number of halogens is 1. The molecule has 2 rings (SSSR count). The van der Waals surface area contributed by atoms with Crippen LogP contribution in [-0.2, 0) is 6.42 Å².